The van der Waals surface area contributed by atoms with Crippen molar-refractivity contribution in [1.82, 2.24) is 0 Å². The summed E-state index contributed by atoms with van der Waals surface area (Å²) in [7, 11) is 0. The SMILES string of the molecule is CC1CCC2C3C(CCC12C)C1(C)CC[C@@H](O)C[C@H]1C[C@H]3O. The summed E-state index contributed by atoms with van der Waals surface area (Å²) < 4.78 is 0. The molecular weight excluding hydrogens is 272 g/mol. The average Bonchev–Trinajstić information content (AvgIpc) is 2.77. The van der Waals surface area contributed by atoms with E-state index in [0.717, 1.165) is 31.1 Å². The zero-order valence-electron chi connectivity index (χ0n) is 14.6. The van der Waals surface area contributed by atoms with Crippen LogP contribution in [0, 0.1) is 40.4 Å². The Bertz CT molecular complexity index is 449. The fourth-order valence-electron chi connectivity index (χ4n) is 7.46. The van der Waals surface area contributed by atoms with Crippen LogP contribution in [0.1, 0.15) is 72.1 Å². The van der Waals surface area contributed by atoms with Crippen LogP contribution in [0.25, 0.3) is 0 Å². The Labute approximate surface area is 135 Å². The van der Waals surface area contributed by atoms with Gasteiger partial charge in [0.1, 0.15) is 0 Å². The van der Waals surface area contributed by atoms with E-state index in [4.69, 9.17) is 0 Å². The highest BCUT2D eigenvalue weighted by molar-refractivity contribution is 5.10. The molecule has 126 valence electrons. The van der Waals surface area contributed by atoms with E-state index in [1.54, 1.807) is 0 Å². The van der Waals surface area contributed by atoms with Gasteiger partial charge in [0, 0.05) is 0 Å². The number of fused-ring (bicyclic) bond motifs is 5. The Balaban J connectivity index is 1.67. The molecule has 2 nitrogen and oxygen atoms in total. The van der Waals surface area contributed by atoms with Gasteiger partial charge >= 0.3 is 0 Å². The lowest BCUT2D eigenvalue weighted by atomic mass is 9.44. The molecule has 4 saturated carbocycles. The van der Waals surface area contributed by atoms with Crippen LogP contribution in [0.3, 0.4) is 0 Å². The van der Waals surface area contributed by atoms with E-state index in [0.29, 0.717) is 28.6 Å². The van der Waals surface area contributed by atoms with Gasteiger partial charge in [-0.1, -0.05) is 20.8 Å². The summed E-state index contributed by atoms with van der Waals surface area (Å²) >= 11 is 0. The molecule has 4 aliphatic carbocycles. The van der Waals surface area contributed by atoms with Crippen molar-refractivity contribution in [1.29, 1.82) is 0 Å². The molecule has 22 heavy (non-hydrogen) atoms. The maximum absolute atomic E-state index is 11.0. The van der Waals surface area contributed by atoms with Crippen LogP contribution in [0.5, 0.6) is 0 Å². The third kappa shape index (κ3) is 1.92. The molecule has 9 atom stereocenters. The zero-order valence-corrected chi connectivity index (χ0v) is 14.6. The minimum absolute atomic E-state index is 0.122. The fourth-order valence-corrected chi connectivity index (χ4v) is 7.46. The van der Waals surface area contributed by atoms with Gasteiger partial charge in [-0.3, -0.25) is 0 Å². The molecule has 0 spiro atoms. The van der Waals surface area contributed by atoms with Crippen LogP contribution in [0.2, 0.25) is 0 Å². The van der Waals surface area contributed by atoms with E-state index in [-0.39, 0.29) is 12.2 Å². The lowest BCUT2D eigenvalue weighted by Crippen LogP contribution is -2.58. The maximum Gasteiger partial charge on any atom is 0.0577 e. The highest BCUT2D eigenvalue weighted by Crippen LogP contribution is 2.67. The summed E-state index contributed by atoms with van der Waals surface area (Å²) in [5.74, 6) is 3.32. The Morgan fingerprint density at radius 3 is 2.27 bits per heavy atom. The van der Waals surface area contributed by atoms with Crippen LogP contribution in [-0.4, -0.2) is 22.4 Å². The van der Waals surface area contributed by atoms with Gasteiger partial charge in [-0.05, 0) is 91.8 Å². The van der Waals surface area contributed by atoms with Gasteiger partial charge in [-0.25, -0.2) is 0 Å². The minimum Gasteiger partial charge on any atom is -0.393 e. The number of hydrogen-bond donors (Lipinski definition) is 2. The molecule has 0 bridgehead atoms. The first-order valence-corrected chi connectivity index (χ1v) is 9.72. The van der Waals surface area contributed by atoms with Gasteiger partial charge < -0.3 is 10.2 Å². The smallest absolute Gasteiger partial charge is 0.0577 e. The number of rotatable bonds is 0. The lowest BCUT2D eigenvalue weighted by Gasteiger charge is -2.62. The topological polar surface area (TPSA) is 40.5 Å². The Morgan fingerprint density at radius 1 is 0.818 bits per heavy atom. The second-order valence-corrected chi connectivity index (χ2v) is 9.75. The molecule has 0 aromatic carbocycles. The Hall–Kier alpha value is -0.0800. The van der Waals surface area contributed by atoms with Crippen LogP contribution in [0.4, 0.5) is 0 Å². The molecule has 0 heterocycles. The van der Waals surface area contributed by atoms with Crippen molar-refractivity contribution >= 4 is 0 Å². The number of aliphatic hydroxyl groups excluding tert-OH is 2. The first-order valence-electron chi connectivity index (χ1n) is 9.72. The van der Waals surface area contributed by atoms with Crippen molar-refractivity contribution in [3.63, 3.8) is 0 Å². The average molecular weight is 306 g/mol. The third-order valence-corrected chi connectivity index (χ3v) is 9.13. The second-order valence-electron chi connectivity index (χ2n) is 9.75. The summed E-state index contributed by atoms with van der Waals surface area (Å²) in [4.78, 5) is 0. The van der Waals surface area contributed by atoms with E-state index < -0.39 is 0 Å². The molecule has 2 N–H and O–H groups in total. The van der Waals surface area contributed by atoms with Crippen LogP contribution in [0.15, 0.2) is 0 Å². The molecule has 4 fully saturated rings. The molecule has 0 aromatic heterocycles. The van der Waals surface area contributed by atoms with E-state index >= 15 is 0 Å². The molecule has 0 saturated heterocycles. The molecule has 4 rings (SSSR count). The second kappa shape index (κ2) is 4.96. The van der Waals surface area contributed by atoms with Crippen LogP contribution >= 0.6 is 0 Å². The molecular formula is C20H34O2. The normalized spacial score (nSPS) is 61.2. The summed E-state index contributed by atoms with van der Waals surface area (Å²) in [6.07, 6.45) is 9.13. The molecule has 0 aliphatic heterocycles. The maximum atomic E-state index is 11.0. The zero-order chi connectivity index (χ0) is 15.7. The monoisotopic (exact) mass is 306 g/mol. The predicted octanol–water partition coefficient (Wildman–Crippen LogP) is 4.00. The van der Waals surface area contributed by atoms with Gasteiger partial charge in [0.05, 0.1) is 12.2 Å². The highest BCUT2D eigenvalue weighted by Gasteiger charge is 2.61. The predicted molar refractivity (Wildman–Crippen MR) is 88.3 cm³/mol. The molecule has 0 aromatic rings. The number of hydrogen-bond acceptors (Lipinski definition) is 2. The van der Waals surface area contributed by atoms with Gasteiger partial charge in [-0.15, -0.1) is 0 Å². The summed E-state index contributed by atoms with van der Waals surface area (Å²) in [6.45, 7) is 7.45. The molecule has 0 amide bonds. The van der Waals surface area contributed by atoms with Crippen molar-refractivity contribution in [3.05, 3.63) is 0 Å². The van der Waals surface area contributed by atoms with Crippen LogP contribution < -0.4 is 0 Å². The van der Waals surface area contributed by atoms with Gasteiger partial charge in [0.15, 0.2) is 0 Å². The van der Waals surface area contributed by atoms with Crippen molar-refractivity contribution in [2.24, 2.45) is 40.4 Å². The quantitative estimate of drug-likeness (QED) is 0.710. The van der Waals surface area contributed by atoms with Crippen molar-refractivity contribution in [2.45, 2.75) is 84.3 Å². The molecule has 6 unspecified atom stereocenters. The van der Waals surface area contributed by atoms with Crippen LogP contribution in [-0.2, 0) is 0 Å². The largest absolute Gasteiger partial charge is 0.393 e. The third-order valence-electron chi connectivity index (χ3n) is 9.13. The van der Waals surface area contributed by atoms with Crippen molar-refractivity contribution in [3.8, 4) is 0 Å². The van der Waals surface area contributed by atoms with E-state index in [1.165, 1.54) is 32.1 Å². The molecule has 2 heteroatoms. The van der Waals surface area contributed by atoms with E-state index in [2.05, 4.69) is 20.8 Å². The summed E-state index contributed by atoms with van der Waals surface area (Å²) in [5, 5.41) is 21.1. The lowest BCUT2D eigenvalue weighted by molar-refractivity contribution is -0.171. The minimum atomic E-state index is -0.123. The molecule has 4 aliphatic rings. The van der Waals surface area contributed by atoms with Crippen molar-refractivity contribution in [2.75, 3.05) is 0 Å². The Kier molecular flexibility index (Phi) is 3.48. The van der Waals surface area contributed by atoms with Gasteiger partial charge in [0.2, 0.25) is 0 Å². The first-order chi connectivity index (χ1) is 10.4. The van der Waals surface area contributed by atoms with Gasteiger partial charge in [-0.2, -0.15) is 0 Å². The fraction of sp³-hybridized carbons (Fsp3) is 1.00. The highest BCUT2D eigenvalue weighted by atomic mass is 16.3. The van der Waals surface area contributed by atoms with Crippen molar-refractivity contribution < 1.29 is 10.2 Å². The van der Waals surface area contributed by atoms with Gasteiger partial charge in [0.25, 0.3) is 0 Å². The Morgan fingerprint density at radius 2 is 1.50 bits per heavy atom. The number of aliphatic hydroxyl groups is 2. The summed E-state index contributed by atoms with van der Waals surface area (Å²) in [6, 6.07) is 0. The molecule has 0 radical (unpaired) electrons. The van der Waals surface area contributed by atoms with E-state index in [1.807, 2.05) is 0 Å². The standard InChI is InChI=1S/C20H34O2/c1-12-4-5-15-18-16(7-9-19(12,15)2)20(3)8-6-14(21)10-13(20)11-17(18)22/h12-18,21-22H,4-11H2,1-3H3/t12?,13-,14+,15?,16?,17+,18?,19?,20?/m0/s1. The first kappa shape index (κ1) is 15.4. The summed E-state index contributed by atoms with van der Waals surface area (Å²) in [5.41, 5.74) is 0.843. The van der Waals surface area contributed by atoms with E-state index in [9.17, 15) is 10.2 Å².